The van der Waals surface area contributed by atoms with Gasteiger partial charge < -0.3 is 14.4 Å². The monoisotopic (exact) mass is 377 g/mol. The van der Waals surface area contributed by atoms with Crippen LogP contribution in [-0.4, -0.2) is 31.0 Å². The largest absolute Gasteiger partial charge is 0.496 e. The third-order valence-corrected chi connectivity index (χ3v) is 4.94. The Balaban J connectivity index is 2.12. The van der Waals surface area contributed by atoms with Crippen molar-refractivity contribution in [3.8, 4) is 5.75 Å². The van der Waals surface area contributed by atoms with Crippen molar-refractivity contribution in [3.05, 3.63) is 82.6 Å². The molecule has 1 heterocycles. The molecule has 144 valence electrons. The molecule has 0 radical (unpaired) electrons. The lowest BCUT2D eigenvalue weighted by Gasteiger charge is -2.26. The van der Waals surface area contributed by atoms with Crippen molar-refractivity contribution < 1.29 is 19.1 Å². The van der Waals surface area contributed by atoms with Crippen molar-refractivity contribution in [2.24, 2.45) is 0 Å². The zero-order chi connectivity index (χ0) is 20.3. The van der Waals surface area contributed by atoms with Crippen molar-refractivity contribution in [1.82, 2.24) is 4.90 Å². The molecule has 1 atom stereocenters. The molecule has 0 bridgehead atoms. The summed E-state index contributed by atoms with van der Waals surface area (Å²) in [5.74, 6) is -0.144. The van der Waals surface area contributed by atoms with E-state index in [1.54, 1.807) is 25.0 Å². The quantitative estimate of drug-likeness (QED) is 0.581. The van der Waals surface area contributed by atoms with Crippen LogP contribution in [0.2, 0.25) is 0 Å². The molecule has 2 aromatic rings. The van der Waals surface area contributed by atoms with Gasteiger partial charge in [-0.25, -0.2) is 4.79 Å². The molecule has 2 aromatic carbocycles. The topological polar surface area (TPSA) is 55.8 Å². The van der Waals surface area contributed by atoms with E-state index in [4.69, 9.17) is 9.47 Å². The van der Waals surface area contributed by atoms with Crippen LogP contribution in [0.4, 0.5) is 0 Å². The number of carbonyl (C=O) groups excluding carboxylic acids is 2. The average molecular weight is 377 g/mol. The SMILES string of the molecule is COC(=O)C1=C(C)N([C@H](C)c2ccccc2)C(=O)/C1=C\c1ccccc1OC. The zero-order valence-corrected chi connectivity index (χ0v) is 16.4. The van der Waals surface area contributed by atoms with Gasteiger partial charge in [0, 0.05) is 11.3 Å². The Labute approximate surface area is 164 Å². The lowest BCUT2D eigenvalue weighted by Crippen LogP contribution is -2.28. The maximum Gasteiger partial charge on any atom is 0.340 e. The summed E-state index contributed by atoms with van der Waals surface area (Å²) in [7, 11) is 2.89. The van der Waals surface area contributed by atoms with E-state index >= 15 is 0 Å². The minimum Gasteiger partial charge on any atom is -0.496 e. The van der Waals surface area contributed by atoms with Crippen LogP contribution >= 0.6 is 0 Å². The summed E-state index contributed by atoms with van der Waals surface area (Å²) in [6, 6.07) is 16.8. The lowest BCUT2D eigenvalue weighted by molar-refractivity contribution is -0.136. The standard InChI is InChI=1S/C23H23NO4/c1-15(17-10-6-5-7-11-17)24-16(2)21(23(26)28-4)19(22(24)25)14-18-12-8-9-13-20(18)27-3/h5-15H,1-4H3/b19-14-/t15-/m1/s1. The number of ether oxygens (including phenoxy) is 2. The predicted molar refractivity (Wildman–Crippen MR) is 107 cm³/mol. The van der Waals surface area contributed by atoms with E-state index in [1.165, 1.54) is 7.11 Å². The van der Waals surface area contributed by atoms with E-state index in [1.807, 2.05) is 61.5 Å². The molecule has 0 spiro atoms. The van der Waals surface area contributed by atoms with Crippen molar-refractivity contribution in [2.75, 3.05) is 14.2 Å². The first kappa shape index (κ1) is 19.4. The van der Waals surface area contributed by atoms with Crippen molar-refractivity contribution in [3.63, 3.8) is 0 Å². The highest BCUT2D eigenvalue weighted by atomic mass is 16.5. The first-order valence-electron chi connectivity index (χ1n) is 9.02. The van der Waals surface area contributed by atoms with Gasteiger partial charge in [-0.1, -0.05) is 48.5 Å². The van der Waals surface area contributed by atoms with Gasteiger partial charge in [-0.15, -0.1) is 0 Å². The van der Waals surface area contributed by atoms with Crippen LogP contribution in [0.25, 0.3) is 6.08 Å². The van der Waals surface area contributed by atoms with Crippen molar-refractivity contribution in [1.29, 1.82) is 0 Å². The van der Waals surface area contributed by atoms with Gasteiger partial charge in [0.05, 0.1) is 31.4 Å². The predicted octanol–water partition coefficient (Wildman–Crippen LogP) is 4.13. The Morgan fingerprint density at radius 2 is 1.68 bits per heavy atom. The van der Waals surface area contributed by atoms with Crippen LogP contribution in [0, 0.1) is 0 Å². The fourth-order valence-corrected chi connectivity index (χ4v) is 3.49. The molecule has 5 heteroatoms. The van der Waals surface area contributed by atoms with Crippen LogP contribution < -0.4 is 4.74 Å². The van der Waals surface area contributed by atoms with Gasteiger partial charge >= 0.3 is 5.97 Å². The number of amides is 1. The van der Waals surface area contributed by atoms with Crippen LogP contribution in [0.15, 0.2) is 71.4 Å². The van der Waals surface area contributed by atoms with Gasteiger partial charge in [-0.3, -0.25) is 4.79 Å². The number of nitrogens with zero attached hydrogens (tertiary/aromatic N) is 1. The number of hydrogen-bond acceptors (Lipinski definition) is 4. The van der Waals surface area contributed by atoms with Gasteiger partial charge in [0.15, 0.2) is 0 Å². The Hall–Kier alpha value is -3.34. The summed E-state index contributed by atoms with van der Waals surface area (Å²) in [6.45, 7) is 3.71. The van der Waals surface area contributed by atoms with Gasteiger partial charge in [0.25, 0.3) is 5.91 Å². The molecule has 1 aliphatic heterocycles. The number of rotatable bonds is 5. The fourth-order valence-electron chi connectivity index (χ4n) is 3.49. The van der Waals surface area contributed by atoms with E-state index in [9.17, 15) is 9.59 Å². The molecule has 3 rings (SSSR count). The maximum absolute atomic E-state index is 13.3. The number of para-hydroxylation sites is 1. The van der Waals surface area contributed by atoms with Gasteiger partial charge in [-0.2, -0.15) is 0 Å². The third-order valence-electron chi connectivity index (χ3n) is 4.94. The number of hydrogen-bond donors (Lipinski definition) is 0. The smallest absolute Gasteiger partial charge is 0.340 e. The second-order valence-corrected chi connectivity index (χ2v) is 6.51. The summed E-state index contributed by atoms with van der Waals surface area (Å²) in [6.07, 6.45) is 1.69. The van der Waals surface area contributed by atoms with Gasteiger partial charge in [-0.05, 0) is 31.6 Å². The Bertz CT molecular complexity index is 960. The molecule has 0 unspecified atom stereocenters. The molecule has 0 saturated carbocycles. The third kappa shape index (κ3) is 3.43. The molecule has 0 aliphatic carbocycles. The van der Waals surface area contributed by atoms with Crippen molar-refractivity contribution >= 4 is 18.0 Å². The first-order valence-corrected chi connectivity index (χ1v) is 9.02. The highest BCUT2D eigenvalue weighted by molar-refractivity contribution is 6.16. The summed E-state index contributed by atoms with van der Waals surface area (Å²) in [4.78, 5) is 27.5. The molecule has 1 amide bonds. The minimum absolute atomic E-state index is 0.225. The normalized spacial score (nSPS) is 16.5. The van der Waals surface area contributed by atoms with Crippen LogP contribution in [-0.2, 0) is 14.3 Å². The lowest BCUT2D eigenvalue weighted by atomic mass is 10.0. The molecule has 28 heavy (non-hydrogen) atoms. The molecular weight excluding hydrogens is 354 g/mol. The number of esters is 1. The molecule has 5 nitrogen and oxygen atoms in total. The average Bonchev–Trinajstić information content (AvgIpc) is 2.97. The van der Waals surface area contributed by atoms with Gasteiger partial charge in [0.1, 0.15) is 5.75 Å². The zero-order valence-electron chi connectivity index (χ0n) is 16.4. The van der Waals surface area contributed by atoms with Crippen LogP contribution in [0.5, 0.6) is 5.75 Å². The second kappa shape index (κ2) is 8.13. The Kier molecular flexibility index (Phi) is 5.64. The minimum atomic E-state index is -0.533. The Morgan fingerprint density at radius 1 is 1.04 bits per heavy atom. The highest BCUT2D eigenvalue weighted by Crippen LogP contribution is 2.38. The molecule has 0 fully saturated rings. The maximum atomic E-state index is 13.3. The highest BCUT2D eigenvalue weighted by Gasteiger charge is 2.39. The van der Waals surface area contributed by atoms with Crippen LogP contribution in [0.3, 0.4) is 0 Å². The molecule has 1 aliphatic rings. The first-order chi connectivity index (χ1) is 13.5. The second-order valence-electron chi connectivity index (χ2n) is 6.51. The number of allylic oxidation sites excluding steroid dienone is 1. The molecule has 0 saturated heterocycles. The molecule has 0 aromatic heterocycles. The van der Waals surface area contributed by atoms with Crippen LogP contribution in [0.1, 0.15) is 31.0 Å². The van der Waals surface area contributed by atoms with E-state index in [-0.39, 0.29) is 17.5 Å². The van der Waals surface area contributed by atoms with E-state index in [2.05, 4.69) is 0 Å². The fraction of sp³-hybridized carbons (Fsp3) is 0.217. The molecule has 0 N–H and O–H groups in total. The Morgan fingerprint density at radius 3 is 2.32 bits per heavy atom. The summed E-state index contributed by atoms with van der Waals surface area (Å²) in [5, 5.41) is 0. The number of methoxy groups -OCH3 is 2. The van der Waals surface area contributed by atoms with E-state index < -0.39 is 5.97 Å². The molecular formula is C23H23NO4. The number of carbonyl (C=O) groups is 2. The van der Waals surface area contributed by atoms with Gasteiger partial charge in [0.2, 0.25) is 0 Å². The van der Waals surface area contributed by atoms with Crippen molar-refractivity contribution in [2.45, 2.75) is 19.9 Å². The van der Waals surface area contributed by atoms with E-state index in [0.29, 0.717) is 17.0 Å². The summed E-state index contributed by atoms with van der Waals surface area (Å²) in [5.41, 5.74) is 2.86. The van der Waals surface area contributed by atoms with E-state index in [0.717, 1.165) is 11.1 Å². The summed E-state index contributed by atoms with van der Waals surface area (Å²) < 4.78 is 10.3. The number of benzene rings is 2. The summed E-state index contributed by atoms with van der Waals surface area (Å²) >= 11 is 0.